The van der Waals surface area contributed by atoms with E-state index in [0.717, 1.165) is 11.3 Å². The summed E-state index contributed by atoms with van der Waals surface area (Å²) in [4.78, 5) is 29.7. The number of hydrogen-bond acceptors (Lipinski definition) is 6. The lowest BCUT2D eigenvalue weighted by molar-refractivity contribution is -0.118. The van der Waals surface area contributed by atoms with E-state index in [9.17, 15) is 9.59 Å². The maximum Gasteiger partial charge on any atom is 0.287 e. The van der Waals surface area contributed by atoms with Gasteiger partial charge in [-0.15, -0.1) is 16.3 Å². The molecule has 0 aliphatic heterocycles. The lowest BCUT2D eigenvalue weighted by atomic mass is 10.2. The van der Waals surface area contributed by atoms with E-state index in [-0.39, 0.29) is 18.1 Å². The number of aryl methyl sites for hydroxylation is 2. The average Bonchev–Trinajstić information content (AvgIpc) is 3.18. The summed E-state index contributed by atoms with van der Waals surface area (Å²) in [5, 5.41) is 2.83. The Morgan fingerprint density at radius 3 is 2.59 bits per heavy atom. The molecule has 1 N–H and O–H groups in total. The lowest BCUT2D eigenvalue weighted by Crippen LogP contribution is -2.20. The molecule has 0 atom stereocenters. The van der Waals surface area contributed by atoms with E-state index in [4.69, 9.17) is 9.26 Å². The summed E-state index contributed by atoms with van der Waals surface area (Å²) in [6.07, 6.45) is 0.962. The van der Waals surface area contributed by atoms with Crippen molar-refractivity contribution >= 4 is 29.0 Å². The van der Waals surface area contributed by atoms with Crippen molar-refractivity contribution in [2.45, 2.75) is 30.9 Å². The van der Waals surface area contributed by atoms with Crippen molar-refractivity contribution < 1.29 is 14.1 Å². The number of amides is 1. The molecule has 0 saturated carbocycles. The van der Waals surface area contributed by atoms with E-state index in [1.54, 1.807) is 24.8 Å². The van der Waals surface area contributed by atoms with Gasteiger partial charge in [0.1, 0.15) is 11.5 Å². The normalized spacial score (nSPS) is 10.9. The monoisotopic (exact) mass is 449 g/mol. The van der Waals surface area contributed by atoms with Crippen molar-refractivity contribution in [2.75, 3.05) is 11.9 Å². The number of fused-ring (bicyclic) bond motifs is 1. The number of ether oxygens (including phenoxy) is 1. The molecule has 32 heavy (non-hydrogen) atoms. The smallest absolute Gasteiger partial charge is 0.287 e. The first-order chi connectivity index (χ1) is 15.5. The number of benzene rings is 2. The van der Waals surface area contributed by atoms with Crippen LogP contribution >= 0.6 is 11.8 Å². The Morgan fingerprint density at radius 1 is 1.12 bits per heavy atom. The minimum Gasteiger partial charge on any atom is -0.484 e. The summed E-state index contributed by atoms with van der Waals surface area (Å²) in [6.45, 7) is 3.81. The number of hydrogen-bond donors (Lipinski definition) is 1. The van der Waals surface area contributed by atoms with E-state index < -0.39 is 0 Å². The number of carbonyl (C=O) groups is 1. The minimum atomic E-state index is -0.236. The van der Waals surface area contributed by atoms with Gasteiger partial charge in [0.25, 0.3) is 11.5 Å². The maximum absolute atomic E-state index is 12.2. The van der Waals surface area contributed by atoms with Crippen molar-refractivity contribution in [3.63, 3.8) is 0 Å². The first kappa shape index (κ1) is 21.7. The number of anilines is 1. The van der Waals surface area contributed by atoms with Gasteiger partial charge in [-0.05, 0) is 55.3 Å². The van der Waals surface area contributed by atoms with Crippen LogP contribution in [-0.2, 0) is 17.0 Å². The van der Waals surface area contributed by atoms with Crippen LogP contribution in [0.2, 0.25) is 0 Å². The predicted octanol–water partition coefficient (Wildman–Crippen LogP) is 4.47. The fraction of sp³-hybridized carbons (Fsp3) is 0.208. The summed E-state index contributed by atoms with van der Waals surface area (Å²) in [7, 11) is 0. The highest BCUT2D eigenvalue weighted by atomic mass is 32.2. The van der Waals surface area contributed by atoms with Gasteiger partial charge < -0.3 is 14.6 Å². The molecule has 4 aromatic rings. The van der Waals surface area contributed by atoms with Crippen molar-refractivity contribution in [1.82, 2.24) is 9.56 Å². The largest absolute Gasteiger partial charge is 0.484 e. The molecule has 2 aromatic carbocycles. The molecule has 0 spiro atoms. The minimum absolute atomic E-state index is 0.0564. The highest BCUT2D eigenvalue weighted by Gasteiger charge is 2.08. The second-order valence-electron chi connectivity index (χ2n) is 7.23. The second-order valence-corrected chi connectivity index (χ2v) is 8.28. The number of thioether (sulfide) groups is 1. The molecule has 2 heterocycles. The highest BCUT2D eigenvalue weighted by molar-refractivity contribution is 7.98. The number of aromatic nitrogens is 2. The SMILES string of the molecule is CCc1ccc(OCC(=O)Nc2ccc(SCc3cc(=O)n4oc(C)cc4n3)cc2)cc1. The van der Waals surface area contributed by atoms with Gasteiger partial charge in [0, 0.05) is 28.5 Å². The summed E-state index contributed by atoms with van der Waals surface area (Å²) >= 11 is 1.56. The third kappa shape index (κ3) is 5.39. The molecular formula is C24H23N3O4S. The van der Waals surface area contributed by atoms with Gasteiger partial charge in [-0.1, -0.05) is 19.1 Å². The van der Waals surface area contributed by atoms with Crippen molar-refractivity contribution in [3.05, 3.63) is 88.0 Å². The first-order valence-corrected chi connectivity index (χ1v) is 11.2. The standard InChI is InChI=1S/C24H23N3O4S/c1-3-17-4-8-20(9-5-17)30-14-23(28)26-18-6-10-21(11-7-18)32-15-19-13-24(29)27-22(25-19)12-16(2)31-27/h4-13H,3,14-15H2,1-2H3,(H,26,28). The highest BCUT2D eigenvalue weighted by Crippen LogP contribution is 2.23. The Morgan fingerprint density at radius 2 is 1.88 bits per heavy atom. The van der Waals surface area contributed by atoms with Crippen LogP contribution in [0.25, 0.3) is 5.65 Å². The van der Waals surface area contributed by atoms with Crippen LogP contribution in [0.4, 0.5) is 5.69 Å². The van der Waals surface area contributed by atoms with E-state index in [0.29, 0.717) is 34.3 Å². The Balaban J connectivity index is 1.29. The van der Waals surface area contributed by atoms with E-state index in [1.165, 1.54) is 16.2 Å². The molecule has 0 aliphatic rings. The van der Waals surface area contributed by atoms with Gasteiger partial charge in [-0.25, -0.2) is 4.98 Å². The van der Waals surface area contributed by atoms with Crippen LogP contribution in [0, 0.1) is 6.92 Å². The van der Waals surface area contributed by atoms with Crippen LogP contribution in [-0.4, -0.2) is 22.1 Å². The molecule has 8 heteroatoms. The molecular weight excluding hydrogens is 426 g/mol. The van der Waals surface area contributed by atoms with Gasteiger partial charge in [0.15, 0.2) is 12.3 Å². The average molecular weight is 450 g/mol. The number of carbonyl (C=O) groups excluding carboxylic acids is 1. The fourth-order valence-corrected chi connectivity index (χ4v) is 3.90. The predicted molar refractivity (Wildman–Crippen MR) is 124 cm³/mol. The first-order valence-electron chi connectivity index (χ1n) is 10.2. The number of rotatable bonds is 8. The zero-order valence-electron chi connectivity index (χ0n) is 17.8. The summed E-state index contributed by atoms with van der Waals surface area (Å²) < 4.78 is 12.0. The molecule has 0 aliphatic carbocycles. The molecule has 164 valence electrons. The Bertz CT molecular complexity index is 1280. The molecule has 4 rings (SSSR count). The third-order valence-electron chi connectivity index (χ3n) is 4.75. The second kappa shape index (κ2) is 9.74. The van der Waals surface area contributed by atoms with Gasteiger partial charge >= 0.3 is 0 Å². The third-order valence-corrected chi connectivity index (χ3v) is 5.80. The quantitative estimate of drug-likeness (QED) is 0.400. The van der Waals surface area contributed by atoms with Crippen molar-refractivity contribution in [3.8, 4) is 5.75 Å². The molecule has 1 amide bonds. The summed E-state index contributed by atoms with van der Waals surface area (Å²) in [5.41, 5.74) is 2.87. The van der Waals surface area contributed by atoms with Gasteiger partial charge in [-0.2, -0.15) is 0 Å². The summed E-state index contributed by atoms with van der Waals surface area (Å²) in [6, 6.07) is 18.4. The van der Waals surface area contributed by atoms with Gasteiger partial charge in [0.05, 0.1) is 5.69 Å². The van der Waals surface area contributed by atoms with Crippen molar-refractivity contribution in [1.29, 1.82) is 0 Å². The zero-order valence-corrected chi connectivity index (χ0v) is 18.6. The molecule has 0 radical (unpaired) electrons. The molecule has 7 nitrogen and oxygen atoms in total. The zero-order chi connectivity index (χ0) is 22.5. The van der Waals surface area contributed by atoms with Crippen molar-refractivity contribution in [2.24, 2.45) is 0 Å². The van der Waals surface area contributed by atoms with E-state index in [1.807, 2.05) is 48.5 Å². The van der Waals surface area contributed by atoms with E-state index >= 15 is 0 Å². The van der Waals surface area contributed by atoms with Crippen LogP contribution in [0.5, 0.6) is 5.75 Å². The number of nitrogens with one attached hydrogen (secondary N) is 1. The van der Waals surface area contributed by atoms with Crippen LogP contribution in [0.3, 0.4) is 0 Å². The van der Waals surface area contributed by atoms with Crippen LogP contribution < -0.4 is 15.6 Å². The lowest BCUT2D eigenvalue weighted by Gasteiger charge is -2.09. The topological polar surface area (TPSA) is 85.8 Å². The van der Waals surface area contributed by atoms with E-state index in [2.05, 4.69) is 17.2 Å². The Kier molecular flexibility index (Phi) is 6.61. The maximum atomic E-state index is 12.2. The van der Waals surface area contributed by atoms with Gasteiger partial charge in [-0.3, -0.25) is 9.59 Å². The molecule has 0 unspecified atom stereocenters. The van der Waals surface area contributed by atoms with Crippen LogP contribution in [0.15, 0.2) is 74.9 Å². The fourth-order valence-electron chi connectivity index (χ4n) is 3.11. The number of nitrogens with zero attached hydrogens (tertiary/aromatic N) is 2. The van der Waals surface area contributed by atoms with Crippen LogP contribution in [0.1, 0.15) is 23.9 Å². The Hall–Kier alpha value is -3.52. The molecule has 0 fully saturated rings. The Labute approximate surface area is 189 Å². The molecule has 0 saturated heterocycles. The van der Waals surface area contributed by atoms with Gasteiger partial charge in [0.2, 0.25) is 0 Å². The summed E-state index contributed by atoms with van der Waals surface area (Å²) in [5.74, 6) is 1.63. The molecule has 0 bridgehead atoms. The molecule has 2 aromatic heterocycles.